The van der Waals surface area contributed by atoms with Crippen LogP contribution in [0.2, 0.25) is 0 Å². The van der Waals surface area contributed by atoms with E-state index < -0.39 is 11.5 Å². The van der Waals surface area contributed by atoms with Gasteiger partial charge >= 0.3 is 0 Å². The van der Waals surface area contributed by atoms with Gasteiger partial charge in [0.2, 0.25) is 5.88 Å². The summed E-state index contributed by atoms with van der Waals surface area (Å²) in [5.41, 5.74) is 9.29. The zero-order valence-electron chi connectivity index (χ0n) is 21.3. The first-order valence-corrected chi connectivity index (χ1v) is 11.9. The number of carbonyl (C=O) groups is 2. The van der Waals surface area contributed by atoms with Gasteiger partial charge in [0, 0.05) is 28.9 Å². The van der Waals surface area contributed by atoms with Gasteiger partial charge in [-0.3, -0.25) is 14.4 Å². The molecular formula is C28H30ClN5O4. The van der Waals surface area contributed by atoms with E-state index in [1.807, 2.05) is 38.1 Å². The van der Waals surface area contributed by atoms with E-state index in [-0.39, 0.29) is 29.9 Å². The van der Waals surface area contributed by atoms with Gasteiger partial charge in [-0.15, -0.1) is 12.4 Å². The fourth-order valence-electron chi connectivity index (χ4n) is 4.07. The predicted octanol–water partition coefficient (Wildman–Crippen LogP) is 4.04. The normalized spacial score (nSPS) is 11.4. The van der Waals surface area contributed by atoms with Crippen LogP contribution >= 0.6 is 12.4 Å². The number of ether oxygens (including phenoxy) is 1. The average molecular weight is 536 g/mol. The van der Waals surface area contributed by atoms with E-state index in [9.17, 15) is 14.4 Å². The van der Waals surface area contributed by atoms with Gasteiger partial charge in [0.25, 0.3) is 17.4 Å². The zero-order valence-corrected chi connectivity index (χ0v) is 22.1. The number of benzene rings is 2. The molecule has 5 N–H and O–H groups in total. The van der Waals surface area contributed by atoms with E-state index in [1.165, 1.54) is 19.4 Å². The number of pyridine rings is 2. The quantitative estimate of drug-likeness (QED) is 0.268. The lowest BCUT2D eigenvalue weighted by Crippen LogP contribution is -2.30. The van der Waals surface area contributed by atoms with Gasteiger partial charge < -0.3 is 26.1 Å². The number of aromatic amines is 1. The van der Waals surface area contributed by atoms with Crippen LogP contribution < -0.4 is 26.7 Å². The van der Waals surface area contributed by atoms with Crippen LogP contribution in [-0.2, 0) is 0 Å². The van der Waals surface area contributed by atoms with Crippen molar-refractivity contribution in [1.29, 1.82) is 0 Å². The number of nitrogens with one attached hydrogen (secondary N) is 3. The number of anilines is 1. The number of carbonyl (C=O) groups excluding carboxylic acids is 2. The topological polar surface area (TPSA) is 139 Å². The molecule has 2 aromatic carbocycles. The third kappa shape index (κ3) is 6.37. The summed E-state index contributed by atoms with van der Waals surface area (Å²) >= 11 is 0. The summed E-state index contributed by atoms with van der Waals surface area (Å²) < 4.78 is 5.08. The van der Waals surface area contributed by atoms with Crippen molar-refractivity contribution in [1.82, 2.24) is 15.3 Å². The Hall–Kier alpha value is -4.21. The van der Waals surface area contributed by atoms with Crippen LogP contribution in [0.1, 0.15) is 49.9 Å². The van der Waals surface area contributed by atoms with Crippen LogP contribution in [0.25, 0.3) is 10.9 Å². The molecule has 9 nitrogen and oxygen atoms in total. The van der Waals surface area contributed by atoms with E-state index >= 15 is 0 Å². The molecule has 0 aliphatic carbocycles. The van der Waals surface area contributed by atoms with Crippen molar-refractivity contribution in [2.45, 2.75) is 26.3 Å². The van der Waals surface area contributed by atoms with Crippen molar-refractivity contribution in [2.24, 2.45) is 5.73 Å². The van der Waals surface area contributed by atoms with Crippen LogP contribution in [0.3, 0.4) is 0 Å². The maximum Gasteiger partial charge on any atom is 0.261 e. The Balaban J connectivity index is 0.00000400. The molecule has 0 radical (unpaired) electrons. The Kier molecular flexibility index (Phi) is 9.22. The van der Waals surface area contributed by atoms with Gasteiger partial charge in [0.05, 0.1) is 18.7 Å². The van der Waals surface area contributed by atoms with E-state index in [0.29, 0.717) is 41.0 Å². The highest BCUT2D eigenvalue weighted by Gasteiger charge is 2.18. The molecular weight excluding hydrogens is 506 g/mol. The minimum absolute atomic E-state index is 0. The second-order valence-electron chi connectivity index (χ2n) is 8.83. The SMILES string of the molecule is COc1cc2[nH]c(=O)c(C(=O)Nc3cc(C(=O)NC(CCN)c4cccc(C)c4)ccc3C)cc2cn1.Cl. The molecule has 0 saturated carbocycles. The van der Waals surface area contributed by atoms with Crippen molar-refractivity contribution >= 4 is 40.8 Å². The van der Waals surface area contributed by atoms with Crippen molar-refractivity contribution in [3.63, 3.8) is 0 Å². The van der Waals surface area contributed by atoms with Gasteiger partial charge in [0.1, 0.15) is 5.56 Å². The number of fused-ring (bicyclic) bond motifs is 1. The second kappa shape index (κ2) is 12.4. The first kappa shape index (κ1) is 28.4. The molecule has 1 unspecified atom stereocenters. The van der Waals surface area contributed by atoms with Crippen LogP contribution in [-0.4, -0.2) is 35.4 Å². The van der Waals surface area contributed by atoms with Crippen molar-refractivity contribution in [2.75, 3.05) is 19.0 Å². The van der Waals surface area contributed by atoms with Crippen molar-refractivity contribution in [3.8, 4) is 5.88 Å². The Morgan fingerprint density at radius 3 is 2.58 bits per heavy atom. The lowest BCUT2D eigenvalue weighted by Gasteiger charge is -2.19. The molecule has 0 aliphatic heterocycles. The van der Waals surface area contributed by atoms with Crippen LogP contribution in [0.15, 0.2) is 65.6 Å². The van der Waals surface area contributed by atoms with Crippen LogP contribution in [0.4, 0.5) is 5.69 Å². The number of nitrogens with two attached hydrogens (primary N) is 1. The van der Waals surface area contributed by atoms with Crippen molar-refractivity contribution < 1.29 is 14.3 Å². The number of aryl methyl sites for hydroxylation is 2. The van der Waals surface area contributed by atoms with Crippen molar-refractivity contribution in [3.05, 3.63) is 99.0 Å². The maximum atomic E-state index is 13.1. The maximum absolute atomic E-state index is 13.1. The molecule has 0 bridgehead atoms. The highest BCUT2D eigenvalue weighted by molar-refractivity contribution is 6.06. The smallest absolute Gasteiger partial charge is 0.261 e. The summed E-state index contributed by atoms with van der Waals surface area (Å²) in [7, 11) is 1.48. The number of methoxy groups -OCH3 is 1. The molecule has 198 valence electrons. The summed E-state index contributed by atoms with van der Waals surface area (Å²) in [5, 5.41) is 6.39. The molecule has 0 aliphatic rings. The van der Waals surface area contributed by atoms with Gasteiger partial charge in [-0.2, -0.15) is 0 Å². The summed E-state index contributed by atoms with van der Waals surface area (Å²) in [6, 6.07) is 15.8. The largest absolute Gasteiger partial charge is 0.481 e. The molecule has 0 fully saturated rings. The molecule has 2 heterocycles. The minimum Gasteiger partial charge on any atom is -0.481 e. The minimum atomic E-state index is -0.597. The molecule has 38 heavy (non-hydrogen) atoms. The molecule has 0 spiro atoms. The van der Waals surface area contributed by atoms with E-state index in [0.717, 1.165) is 16.7 Å². The first-order valence-electron chi connectivity index (χ1n) is 11.9. The van der Waals surface area contributed by atoms with Gasteiger partial charge in [-0.1, -0.05) is 35.9 Å². The average Bonchev–Trinajstić information content (AvgIpc) is 2.88. The molecule has 2 aromatic heterocycles. The number of rotatable bonds is 8. The second-order valence-corrected chi connectivity index (χ2v) is 8.83. The molecule has 1 atom stereocenters. The van der Waals surface area contributed by atoms with Gasteiger partial charge in [-0.05, 0) is 56.1 Å². The lowest BCUT2D eigenvalue weighted by molar-refractivity contribution is 0.0934. The lowest BCUT2D eigenvalue weighted by atomic mass is 10.0. The number of hydrogen-bond donors (Lipinski definition) is 4. The fraction of sp³-hybridized carbons (Fsp3) is 0.214. The van der Waals surface area contributed by atoms with E-state index in [2.05, 4.69) is 20.6 Å². The highest BCUT2D eigenvalue weighted by atomic mass is 35.5. The molecule has 4 aromatic rings. The first-order chi connectivity index (χ1) is 17.8. The molecule has 0 saturated heterocycles. The summed E-state index contributed by atoms with van der Waals surface area (Å²) in [5.74, 6) is -0.540. The number of H-pyrrole nitrogens is 1. The monoisotopic (exact) mass is 535 g/mol. The molecule has 2 amide bonds. The molecule has 4 rings (SSSR count). The predicted molar refractivity (Wildman–Crippen MR) is 150 cm³/mol. The Bertz CT molecular complexity index is 1540. The third-order valence-corrected chi connectivity index (χ3v) is 6.11. The Labute approximate surface area is 226 Å². The number of aromatic nitrogens is 2. The number of halogens is 1. The van der Waals surface area contributed by atoms with Crippen LogP contribution in [0.5, 0.6) is 5.88 Å². The Morgan fingerprint density at radius 2 is 1.87 bits per heavy atom. The highest BCUT2D eigenvalue weighted by Crippen LogP contribution is 2.22. The summed E-state index contributed by atoms with van der Waals surface area (Å²) in [6.45, 7) is 4.21. The number of amides is 2. The van der Waals surface area contributed by atoms with Gasteiger partial charge in [0.15, 0.2) is 0 Å². The number of nitrogens with zero attached hydrogens (tertiary/aromatic N) is 1. The zero-order chi connectivity index (χ0) is 26.5. The molecule has 10 heteroatoms. The van der Waals surface area contributed by atoms with Crippen LogP contribution in [0, 0.1) is 13.8 Å². The summed E-state index contributed by atoms with van der Waals surface area (Å²) in [6.07, 6.45) is 2.10. The standard InChI is InChI=1S/C28H29N5O4.ClH/c1-16-5-4-6-18(11-16)22(9-10-29)31-26(34)19-8-7-17(2)23(13-19)32-27(35)21-12-20-15-30-25(37-3)14-24(20)33-28(21)36;/h4-8,11-15,22H,9-10,29H2,1-3H3,(H,31,34)(H,32,35)(H,33,36);1H. The Morgan fingerprint density at radius 1 is 1.08 bits per heavy atom. The van der Waals surface area contributed by atoms with Gasteiger partial charge in [-0.25, -0.2) is 4.98 Å². The fourth-order valence-corrected chi connectivity index (χ4v) is 4.07. The van der Waals surface area contributed by atoms with E-state index in [4.69, 9.17) is 10.5 Å². The van der Waals surface area contributed by atoms with E-state index in [1.54, 1.807) is 24.3 Å². The third-order valence-electron chi connectivity index (χ3n) is 6.11. The number of hydrogen-bond acceptors (Lipinski definition) is 6. The summed E-state index contributed by atoms with van der Waals surface area (Å²) in [4.78, 5) is 45.6.